The summed E-state index contributed by atoms with van der Waals surface area (Å²) >= 11 is 0. The molecule has 1 aliphatic rings. The van der Waals surface area contributed by atoms with Gasteiger partial charge >= 0.3 is 7.60 Å². The van der Waals surface area contributed by atoms with Crippen molar-refractivity contribution >= 4 is 7.60 Å². The molecule has 98 valence electrons. The molecule has 0 amide bonds. The van der Waals surface area contributed by atoms with Crippen molar-refractivity contribution in [3.8, 4) is 6.07 Å². The summed E-state index contributed by atoms with van der Waals surface area (Å²) in [6.45, 7) is 4.43. The molecule has 17 heavy (non-hydrogen) atoms. The standard InChI is InChI=1S/C12H22NO3P/c1-3-15-17(14,16-4-2)12(6-5-9-13)10-11-7-8-11/h11-12H,3-8,10H2,1-2H3. The molecule has 0 bridgehead atoms. The number of rotatable bonds is 9. The molecule has 0 aliphatic heterocycles. The molecule has 0 radical (unpaired) electrons. The van der Waals surface area contributed by atoms with E-state index in [-0.39, 0.29) is 5.66 Å². The number of nitriles is 1. The van der Waals surface area contributed by atoms with Crippen LogP contribution in [-0.4, -0.2) is 18.9 Å². The van der Waals surface area contributed by atoms with Gasteiger partial charge in [0.15, 0.2) is 0 Å². The van der Waals surface area contributed by atoms with Gasteiger partial charge in [0.05, 0.1) is 24.9 Å². The van der Waals surface area contributed by atoms with E-state index in [0.29, 0.717) is 32.0 Å². The van der Waals surface area contributed by atoms with Gasteiger partial charge in [0, 0.05) is 6.42 Å². The Kier molecular flexibility index (Phi) is 6.19. The highest BCUT2D eigenvalue weighted by atomic mass is 31.2. The van der Waals surface area contributed by atoms with Crippen LogP contribution in [0.3, 0.4) is 0 Å². The minimum absolute atomic E-state index is 0.102. The molecule has 0 saturated heterocycles. The Hall–Kier alpha value is -0.360. The SMILES string of the molecule is CCOP(=O)(OCC)C(CCC#N)CC1CC1. The Morgan fingerprint density at radius 1 is 1.35 bits per heavy atom. The monoisotopic (exact) mass is 259 g/mol. The highest BCUT2D eigenvalue weighted by Crippen LogP contribution is 2.58. The van der Waals surface area contributed by atoms with Gasteiger partial charge < -0.3 is 9.05 Å². The van der Waals surface area contributed by atoms with Crippen molar-refractivity contribution in [1.29, 1.82) is 5.26 Å². The maximum atomic E-state index is 12.6. The second kappa shape index (κ2) is 7.16. The van der Waals surface area contributed by atoms with Gasteiger partial charge in [0.25, 0.3) is 0 Å². The van der Waals surface area contributed by atoms with E-state index in [4.69, 9.17) is 14.3 Å². The van der Waals surface area contributed by atoms with E-state index >= 15 is 0 Å². The number of hydrogen-bond donors (Lipinski definition) is 0. The first kappa shape index (κ1) is 14.7. The molecule has 1 rings (SSSR count). The van der Waals surface area contributed by atoms with Gasteiger partial charge in [-0.25, -0.2) is 0 Å². The second-order valence-corrected chi connectivity index (χ2v) is 6.73. The zero-order valence-electron chi connectivity index (χ0n) is 10.7. The maximum absolute atomic E-state index is 12.6. The Bertz CT molecular complexity index is 299. The molecule has 5 heteroatoms. The van der Waals surface area contributed by atoms with Crippen LogP contribution >= 0.6 is 7.60 Å². The molecular weight excluding hydrogens is 237 g/mol. The van der Waals surface area contributed by atoms with Crippen molar-refractivity contribution in [2.45, 2.75) is 51.6 Å². The van der Waals surface area contributed by atoms with Crippen molar-refractivity contribution in [3.05, 3.63) is 0 Å². The van der Waals surface area contributed by atoms with Gasteiger partial charge in [-0.3, -0.25) is 4.57 Å². The zero-order valence-corrected chi connectivity index (χ0v) is 11.6. The third-order valence-electron chi connectivity index (χ3n) is 2.96. The van der Waals surface area contributed by atoms with Crippen LogP contribution in [0.2, 0.25) is 0 Å². The number of hydrogen-bond acceptors (Lipinski definition) is 4. The van der Waals surface area contributed by atoms with Gasteiger partial charge in [0.2, 0.25) is 0 Å². The molecule has 0 aromatic carbocycles. The van der Waals surface area contributed by atoms with E-state index in [2.05, 4.69) is 6.07 Å². The van der Waals surface area contributed by atoms with Crippen LogP contribution in [0, 0.1) is 17.2 Å². The first-order valence-electron chi connectivity index (χ1n) is 6.42. The predicted octanol–water partition coefficient (Wildman–Crippen LogP) is 3.72. The third-order valence-corrected chi connectivity index (χ3v) is 5.56. The van der Waals surface area contributed by atoms with E-state index in [1.165, 1.54) is 12.8 Å². The van der Waals surface area contributed by atoms with Crippen LogP contribution in [0.15, 0.2) is 0 Å². The van der Waals surface area contributed by atoms with Crippen molar-refractivity contribution in [2.24, 2.45) is 5.92 Å². The van der Waals surface area contributed by atoms with Crippen LogP contribution in [0.1, 0.15) is 46.0 Å². The molecule has 0 heterocycles. The molecule has 1 saturated carbocycles. The summed E-state index contributed by atoms with van der Waals surface area (Å²) in [5.74, 6) is 0.660. The molecule has 4 nitrogen and oxygen atoms in total. The Morgan fingerprint density at radius 2 is 1.94 bits per heavy atom. The molecular formula is C12H22NO3P. The fraction of sp³-hybridized carbons (Fsp3) is 0.917. The molecule has 0 aromatic rings. The fourth-order valence-electron chi connectivity index (χ4n) is 1.98. The van der Waals surface area contributed by atoms with Gasteiger partial charge in [-0.1, -0.05) is 12.8 Å². The zero-order chi connectivity index (χ0) is 12.7. The minimum Gasteiger partial charge on any atom is -0.309 e. The quantitative estimate of drug-likeness (QED) is 0.592. The van der Waals surface area contributed by atoms with E-state index in [9.17, 15) is 4.57 Å². The Labute approximate surface area is 104 Å². The summed E-state index contributed by atoms with van der Waals surface area (Å²) < 4.78 is 23.4. The second-order valence-electron chi connectivity index (χ2n) is 4.41. The average Bonchev–Trinajstić information content (AvgIpc) is 3.08. The van der Waals surface area contributed by atoms with Gasteiger partial charge in [-0.15, -0.1) is 0 Å². The number of nitrogens with zero attached hydrogens (tertiary/aromatic N) is 1. The molecule has 1 unspecified atom stereocenters. The lowest BCUT2D eigenvalue weighted by Gasteiger charge is -2.25. The summed E-state index contributed by atoms with van der Waals surface area (Å²) in [7, 11) is -3.02. The van der Waals surface area contributed by atoms with E-state index < -0.39 is 7.60 Å². The summed E-state index contributed by atoms with van der Waals surface area (Å²) in [6.07, 6.45) is 4.33. The third kappa shape index (κ3) is 4.79. The molecule has 1 aliphatic carbocycles. The topological polar surface area (TPSA) is 59.3 Å². The van der Waals surface area contributed by atoms with Gasteiger partial charge in [-0.05, 0) is 32.6 Å². The Balaban J connectivity index is 2.66. The molecule has 0 aromatic heterocycles. The molecule has 0 spiro atoms. The van der Waals surface area contributed by atoms with E-state index in [1.54, 1.807) is 0 Å². The lowest BCUT2D eigenvalue weighted by Crippen LogP contribution is -2.14. The van der Waals surface area contributed by atoms with Crippen LogP contribution in [0.4, 0.5) is 0 Å². The molecule has 1 atom stereocenters. The highest BCUT2D eigenvalue weighted by Gasteiger charge is 2.38. The summed E-state index contributed by atoms with van der Waals surface area (Å²) in [5.41, 5.74) is -0.102. The van der Waals surface area contributed by atoms with Gasteiger partial charge in [-0.2, -0.15) is 5.26 Å². The first-order chi connectivity index (χ1) is 8.16. The normalized spacial score (nSPS) is 17.7. The predicted molar refractivity (Wildman–Crippen MR) is 66.8 cm³/mol. The van der Waals surface area contributed by atoms with Crippen molar-refractivity contribution in [1.82, 2.24) is 0 Å². The lowest BCUT2D eigenvalue weighted by molar-refractivity contribution is 0.208. The summed E-state index contributed by atoms with van der Waals surface area (Å²) in [4.78, 5) is 0. The summed E-state index contributed by atoms with van der Waals surface area (Å²) in [5, 5.41) is 8.67. The van der Waals surface area contributed by atoms with E-state index in [0.717, 1.165) is 6.42 Å². The highest BCUT2D eigenvalue weighted by molar-refractivity contribution is 7.54. The van der Waals surface area contributed by atoms with Crippen molar-refractivity contribution in [2.75, 3.05) is 13.2 Å². The average molecular weight is 259 g/mol. The Morgan fingerprint density at radius 3 is 2.35 bits per heavy atom. The van der Waals surface area contributed by atoms with Crippen LogP contribution in [-0.2, 0) is 13.6 Å². The van der Waals surface area contributed by atoms with Crippen LogP contribution in [0.5, 0.6) is 0 Å². The maximum Gasteiger partial charge on any atom is 0.333 e. The van der Waals surface area contributed by atoms with Crippen molar-refractivity contribution in [3.63, 3.8) is 0 Å². The minimum atomic E-state index is -3.02. The van der Waals surface area contributed by atoms with E-state index in [1.807, 2.05) is 13.8 Å². The van der Waals surface area contributed by atoms with Crippen LogP contribution in [0.25, 0.3) is 0 Å². The van der Waals surface area contributed by atoms with Gasteiger partial charge in [0.1, 0.15) is 0 Å². The molecule has 0 N–H and O–H groups in total. The first-order valence-corrected chi connectivity index (χ1v) is 8.03. The smallest absolute Gasteiger partial charge is 0.309 e. The lowest BCUT2D eigenvalue weighted by atomic mass is 10.1. The van der Waals surface area contributed by atoms with Crippen molar-refractivity contribution < 1.29 is 13.6 Å². The van der Waals surface area contributed by atoms with Crippen LogP contribution < -0.4 is 0 Å². The molecule has 1 fully saturated rings. The largest absolute Gasteiger partial charge is 0.333 e. The fourth-order valence-corrected chi connectivity index (χ4v) is 4.20. The summed E-state index contributed by atoms with van der Waals surface area (Å²) in [6, 6.07) is 2.12.